The van der Waals surface area contributed by atoms with Crippen LogP contribution in [0.1, 0.15) is 64.9 Å². The molecule has 2 rings (SSSR count). The maximum absolute atomic E-state index is 3.75. The van der Waals surface area contributed by atoms with Crippen molar-refractivity contribution < 1.29 is 0 Å². The second-order valence-corrected chi connectivity index (χ2v) is 6.80. The van der Waals surface area contributed by atoms with E-state index in [1.54, 1.807) is 0 Å². The molecule has 2 atom stereocenters. The smallest absolute Gasteiger partial charge is 0.0342 e. The van der Waals surface area contributed by atoms with Crippen molar-refractivity contribution in [2.45, 2.75) is 71.8 Å². The van der Waals surface area contributed by atoms with Crippen molar-refractivity contribution in [1.29, 1.82) is 0 Å². The minimum Gasteiger partial charge on any atom is -0.382 e. The van der Waals surface area contributed by atoms with E-state index in [0.29, 0.717) is 6.04 Å². The van der Waals surface area contributed by atoms with Gasteiger partial charge in [0.05, 0.1) is 0 Å². The lowest BCUT2D eigenvalue weighted by atomic mass is 9.89. The summed E-state index contributed by atoms with van der Waals surface area (Å²) in [6, 6.07) is 9.75. The maximum Gasteiger partial charge on any atom is 0.0342 e. The number of hydrogen-bond acceptors (Lipinski definition) is 1. The molecule has 0 aliphatic heterocycles. The van der Waals surface area contributed by atoms with Crippen LogP contribution in [0.3, 0.4) is 0 Å². The van der Waals surface area contributed by atoms with Gasteiger partial charge in [-0.3, -0.25) is 0 Å². The molecule has 20 heavy (non-hydrogen) atoms. The van der Waals surface area contributed by atoms with Gasteiger partial charge < -0.3 is 5.32 Å². The van der Waals surface area contributed by atoms with E-state index in [1.807, 2.05) is 0 Å². The van der Waals surface area contributed by atoms with Crippen molar-refractivity contribution in [3.8, 4) is 0 Å². The molecule has 1 aliphatic carbocycles. The molecular weight excluding hydrogens is 242 g/mol. The summed E-state index contributed by atoms with van der Waals surface area (Å²) in [5, 5.41) is 3.75. The van der Waals surface area contributed by atoms with Gasteiger partial charge in [0.15, 0.2) is 0 Å². The molecule has 2 unspecified atom stereocenters. The fourth-order valence-corrected chi connectivity index (χ4v) is 3.43. The molecule has 1 aliphatic rings. The third-order valence-corrected chi connectivity index (χ3v) is 4.82. The number of hydrogen-bond donors (Lipinski definition) is 1. The molecule has 1 aromatic carbocycles. The van der Waals surface area contributed by atoms with E-state index in [9.17, 15) is 0 Å². The molecule has 1 saturated carbocycles. The van der Waals surface area contributed by atoms with Gasteiger partial charge >= 0.3 is 0 Å². The zero-order valence-electron chi connectivity index (χ0n) is 13.5. The molecule has 1 heteroatoms. The second-order valence-electron chi connectivity index (χ2n) is 6.80. The standard InChI is InChI=1S/C19H31N/c1-4-6-16-9-12-19(13-10-16)20-18-8-5-7-17(11-14-18)15(2)3/h9-10,12-13,15,17-18,20H,4-8,11,14H2,1-3H3. The predicted molar refractivity (Wildman–Crippen MR) is 89.3 cm³/mol. The van der Waals surface area contributed by atoms with Gasteiger partial charge in [-0.05, 0) is 55.2 Å². The lowest BCUT2D eigenvalue weighted by molar-refractivity contribution is 0.341. The van der Waals surface area contributed by atoms with Crippen LogP contribution in [0.25, 0.3) is 0 Å². The largest absolute Gasteiger partial charge is 0.382 e. The SMILES string of the molecule is CCCc1ccc(NC2CCCC(C(C)C)CC2)cc1. The fraction of sp³-hybridized carbons (Fsp3) is 0.684. The molecule has 1 nitrogen and oxygen atoms in total. The Hall–Kier alpha value is -0.980. The van der Waals surface area contributed by atoms with Gasteiger partial charge in [0.1, 0.15) is 0 Å². The normalized spacial score (nSPS) is 23.6. The van der Waals surface area contributed by atoms with Crippen LogP contribution in [0.4, 0.5) is 5.69 Å². The quantitative estimate of drug-likeness (QED) is 0.683. The summed E-state index contributed by atoms with van der Waals surface area (Å²) in [5.41, 5.74) is 2.76. The molecule has 1 aromatic rings. The van der Waals surface area contributed by atoms with Crippen LogP contribution in [0, 0.1) is 11.8 Å². The summed E-state index contributed by atoms with van der Waals surface area (Å²) in [4.78, 5) is 0. The van der Waals surface area contributed by atoms with E-state index in [1.165, 1.54) is 56.2 Å². The van der Waals surface area contributed by atoms with Crippen molar-refractivity contribution in [1.82, 2.24) is 0 Å². The third-order valence-electron chi connectivity index (χ3n) is 4.82. The van der Waals surface area contributed by atoms with Gasteiger partial charge in [-0.2, -0.15) is 0 Å². The first-order chi connectivity index (χ1) is 9.69. The summed E-state index contributed by atoms with van der Waals surface area (Å²) in [7, 11) is 0. The lowest BCUT2D eigenvalue weighted by Crippen LogP contribution is -2.18. The Bertz CT molecular complexity index is 379. The van der Waals surface area contributed by atoms with Crippen molar-refractivity contribution in [3.05, 3.63) is 29.8 Å². The van der Waals surface area contributed by atoms with Crippen LogP contribution in [-0.4, -0.2) is 6.04 Å². The highest BCUT2D eigenvalue weighted by atomic mass is 14.9. The molecular formula is C19H31N. The molecule has 1 N–H and O–H groups in total. The Morgan fingerprint density at radius 1 is 1.05 bits per heavy atom. The molecule has 0 bridgehead atoms. The van der Waals surface area contributed by atoms with Gasteiger partial charge in [0.25, 0.3) is 0 Å². The Balaban J connectivity index is 1.86. The first-order valence-corrected chi connectivity index (χ1v) is 8.54. The zero-order chi connectivity index (χ0) is 14.4. The fourth-order valence-electron chi connectivity index (χ4n) is 3.43. The number of rotatable bonds is 5. The summed E-state index contributed by atoms with van der Waals surface area (Å²) < 4.78 is 0. The van der Waals surface area contributed by atoms with Gasteiger partial charge in [-0.1, -0.05) is 52.2 Å². The maximum atomic E-state index is 3.75. The van der Waals surface area contributed by atoms with E-state index in [2.05, 4.69) is 50.4 Å². The third kappa shape index (κ3) is 4.54. The van der Waals surface area contributed by atoms with Crippen molar-refractivity contribution in [3.63, 3.8) is 0 Å². The number of anilines is 1. The van der Waals surface area contributed by atoms with Crippen LogP contribution < -0.4 is 5.32 Å². The minimum atomic E-state index is 0.677. The van der Waals surface area contributed by atoms with Gasteiger partial charge in [-0.25, -0.2) is 0 Å². The van der Waals surface area contributed by atoms with Crippen LogP contribution in [0.5, 0.6) is 0 Å². The second kappa shape index (κ2) is 7.71. The summed E-state index contributed by atoms with van der Waals surface area (Å²) in [6.07, 6.45) is 9.29. The number of nitrogens with one attached hydrogen (secondary N) is 1. The molecule has 1 fully saturated rings. The molecule has 0 aromatic heterocycles. The van der Waals surface area contributed by atoms with Gasteiger partial charge in [0, 0.05) is 11.7 Å². The van der Waals surface area contributed by atoms with Crippen molar-refractivity contribution in [2.24, 2.45) is 11.8 Å². The van der Waals surface area contributed by atoms with Crippen LogP contribution in [-0.2, 0) is 6.42 Å². The Morgan fingerprint density at radius 3 is 2.45 bits per heavy atom. The molecule has 0 radical (unpaired) electrons. The van der Waals surface area contributed by atoms with Crippen LogP contribution in [0.15, 0.2) is 24.3 Å². The lowest BCUT2D eigenvalue weighted by Gasteiger charge is -2.20. The zero-order valence-corrected chi connectivity index (χ0v) is 13.5. The highest BCUT2D eigenvalue weighted by molar-refractivity contribution is 5.45. The van der Waals surface area contributed by atoms with Gasteiger partial charge in [0.2, 0.25) is 0 Å². The van der Waals surface area contributed by atoms with Crippen LogP contribution >= 0.6 is 0 Å². The summed E-state index contributed by atoms with van der Waals surface area (Å²) in [5.74, 6) is 1.79. The van der Waals surface area contributed by atoms with E-state index in [0.717, 1.165) is 11.8 Å². The topological polar surface area (TPSA) is 12.0 Å². The van der Waals surface area contributed by atoms with E-state index in [4.69, 9.17) is 0 Å². The Labute approximate surface area is 125 Å². The molecule has 112 valence electrons. The minimum absolute atomic E-state index is 0.677. The number of aryl methyl sites for hydroxylation is 1. The van der Waals surface area contributed by atoms with E-state index >= 15 is 0 Å². The highest BCUT2D eigenvalue weighted by Gasteiger charge is 2.20. The van der Waals surface area contributed by atoms with E-state index in [-0.39, 0.29) is 0 Å². The van der Waals surface area contributed by atoms with E-state index < -0.39 is 0 Å². The summed E-state index contributed by atoms with van der Waals surface area (Å²) in [6.45, 7) is 7.00. The average molecular weight is 273 g/mol. The predicted octanol–water partition coefficient (Wildman–Crippen LogP) is 5.66. The molecule has 0 amide bonds. The highest BCUT2D eigenvalue weighted by Crippen LogP contribution is 2.30. The summed E-state index contributed by atoms with van der Waals surface area (Å²) >= 11 is 0. The molecule has 0 heterocycles. The number of benzene rings is 1. The first kappa shape index (κ1) is 15.4. The van der Waals surface area contributed by atoms with Gasteiger partial charge in [-0.15, -0.1) is 0 Å². The Morgan fingerprint density at radius 2 is 1.80 bits per heavy atom. The Kier molecular flexibility index (Phi) is 5.94. The average Bonchev–Trinajstić information content (AvgIpc) is 2.67. The van der Waals surface area contributed by atoms with Crippen molar-refractivity contribution in [2.75, 3.05) is 5.32 Å². The van der Waals surface area contributed by atoms with Crippen LogP contribution in [0.2, 0.25) is 0 Å². The molecule has 0 spiro atoms. The monoisotopic (exact) mass is 273 g/mol. The molecule has 0 saturated heterocycles. The first-order valence-electron chi connectivity index (χ1n) is 8.54. The van der Waals surface area contributed by atoms with Crippen molar-refractivity contribution >= 4 is 5.69 Å².